The van der Waals surface area contributed by atoms with Gasteiger partial charge in [-0.15, -0.1) is 0 Å². The molecular formula is C10H7F2NO. The molecular weight excluding hydrogens is 188 g/mol. The number of hydrogen-bond acceptors (Lipinski definition) is 2. The molecule has 0 aliphatic heterocycles. The smallest absolute Gasteiger partial charge is 0.279 e. The Morgan fingerprint density at radius 2 is 2.21 bits per heavy atom. The molecule has 1 aromatic rings. The Morgan fingerprint density at radius 1 is 1.50 bits per heavy atom. The highest BCUT2D eigenvalue weighted by molar-refractivity contribution is 6.08. The molecule has 0 fully saturated rings. The van der Waals surface area contributed by atoms with Crippen LogP contribution >= 0.6 is 0 Å². The van der Waals surface area contributed by atoms with E-state index in [1.165, 1.54) is 13.0 Å². The van der Waals surface area contributed by atoms with E-state index in [0.717, 1.165) is 12.3 Å². The first-order valence-corrected chi connectivity index (χ1v) is 3.86. The second kappa shape index (κ2) is 4.47. The molecule has 2 nitrogen and oxygen atoms in total. The molecule has 0 bridgehead atoms. The predicted molar refractivity (Wildman–Crippen MR) is 47.0 cm³/mol. The quantitative estimate of drug-likeness (QED) is 0.411. The molecule has 0 N–H and O–H groups in total. The maximum atomic E-state index is 12.1. The Bertz CT molecular complexity index is 387. The minimum absolute atomic E-state index is 0.226. The van der Waals surface area contributed by atoms with Gasteiger partial charge in [-0.05, 0) is 25.0 Å². The summed E-state index contributed by atoms with van der Waals surface area (Å²) in [5, 5.41) is 0. The van der Waals surface area contributed by atoms with E-state index < -0.39 is 12.2 Å². The van der Waals surface area contributed by atoms with Crippen LogP contribution in [0.5, 0.6) is 0 Å². The number of alkyl halides is 2. The lowest BCUT2D eigenvalue weighted by atomic mass is 10.2. The van der Waals surface area contributed by atoms with Crippen LogP contribution in [0, 0.1) is 11.8 Å². The number of hydrogen-bond donors (Lipinski definition) is 0. The van der Waals surface area contributed by atoms with Crippen molar-refractivity contribution in [3.8, 4) is 11.8 Å². The zero-order valence-electron chi connectivity index (χ0n) is 7.42. The largest absolute Gasteiger partial charge is 0.280 e. The highest BCUT2D eigenvalue weighted by atomic mass is 19.3. The minimum Gasteiger partial charge on any atom is -0.279 e. The van der Waals surface area contributed by atoms with E-state index >= 15 is 0 Å². The number of halogens is 2. The van der Waals surface area contributed by atoms with E-state index in [-0.39, 0.29) is 11.3 Å². The highest BCUT2D eigenvalue weighted by Gasteiger charge is 2.09. The average molecular weight is 195 g/mol. The Balaban J connectivity index is 2.92. The van der Waals surface area contributed by atoms with Crippen molar-refractivity contribution in [2.75, 3.05) is 0 Å². The van der Waals surface area contributed by atoms with Crippen molar-refractivity contribution in [2.24, 2.45) is 0 Å². The lowest BCUT2D eigenvalue weighted by molar-refractivity contribution is 0.105. The van der Waals surface area contributed by atoms with Crippen LogP contribution in [0.2, 0.25) is 0 Å². The average Bonchev–Trinajstić information content (AvgIpc) is 2.18. The van der Waals surface area contributed by atoms with Crippen molar-refractivity contribution >= 4 is 5.78 Å². The zero-order chi connectivity index (χ0) is 10.6. The van der Waals surface area contributed by atoms with E-state index in [0.29, 0.717) is 0 Å². The normalized spacial score (nSPS) is 9.43. The Morgan fingerprint density at radius 3 is 2.64 bits per heavy atom. The highest BCUT2D eigenvalue weighted by Crippen LogP contribution is 2.15. The molecule has 0 saturated carbocycles. The molecule has 0 unspecified atom stereocenters. The van der Waals surface area contributed by atoms with Gasteiger partial charge in [0.15, 0.2) is 0 Å². The van der Waals surface area contributed by atoms with Gasteiger partial charge < -0.3 is 0 Å². The van der Waals surface area contributed by atoms with Gasteiger partial charge in [-0.2, -0.15) is 0 Å². The molecule has 0 spiro atoms. The van der Waals surface area contributed by atoms with Crippen molar-refractivity contribution in [1.29, 1.82) is 0 Å². The molecule has 0 saturated heterocycles. The zero-order valence-corrected chi connectivity index (χ0v) is 7.42. The number of ketones is 1. The number of pyridine rings is 1. The van der Waals surface area contributed by atoms with Gasteiger partial charge in [-0.1, -0.05) is 5.92 Å². The summed E-state index contributed by atoms with van der Waals surface area (Å²) in [7, 11) is 0. The fraction of sp³-hybridized carbons (Fsp3) is 0.200. The fourth-order valence-corrected chi connectivity index (χ4v) is 0.854. The number of Topliss-reactive ketones (excluding diaryl/α,β-unsaturated/α-hetero) is 1. The van der Waals surface area contributed by atoms with Crippen molar-refractivity contribution in [1.82, 2.24) is 4.98 Å². The Hall–Kier alpha value is -1.76. The molecule has 0 aromatic carbocycles. The summed E-state index contributed by atoms with van der Waals surface area (Å²) in [6.07, 6.45) is -1.51. The lowest BCUT2D eigenvalue weighted by Gasteiger charge is -1.98. The number of carbonyl (C=O) groups excluding carboxylic acids is 1. The first-order chi connectivity index (χ1) is 6.65. The van der Waals surface area contributed by atoms with E-state index in [4.69, 9.17) is 0 Å². The number of nitrogens with zero attached hydrogens (tertiary/aromatic N) is 1. The van der Waals surface area contributed by atoms with Crippen LogP contribution in [-0.2, 0) is 0 Å². The van der Waals surface area contributed by atoms with Crippen LogP contribution in [0.15, 0.2) is 18.3 Å². The molecule has 0 atom stereocenters. The van der Waals surface area contributed by atoms with Crippen LogP contribution in [0.1, 0.15) is 29.4 Å². The Kier molecular flexibility index (Phi) is 3.29. The van der Waals surface area contributed by atoms with Crippen LogP contribution in [0.25, 0.3) is 0 Å². The maximum absolute atomic E-state index is 12.1. The van der Waals surface area contributed by atoms with Gasteiger partial charge in [0.25, 0.3) is 6.43 Å². The third-order valence-corrected chi connectivity index (χ3v) is 1.51. The van der Waals surface area contributed by atoms with E-state index in [1.807, 2.05) is 0 Å². The number of aromatic nitrogens is 1. The van der Waals surface area contributed by atoms with Gasteiger partial charge in [-0.3, -0.25) is 9.78 Å². The number of carbonyl (C=O) groups is 1. The van der Waals surface area contributed by atoms with Crippen LogP contribution in [0.4, 0.5) is 8.78 Å². The molecule has 72 valence electrons. The van der Waals surface area contributed by atoms with Crippen molar-refractivity contribution in [3.05, 3.63) is 29.6 Å². The topological polar surface area (TPSA) is 30.0 Å². The van der Waals surface area contributed by atoms with Crippen molar-refractivity contribution < 1.29 is 13.6 Å². The first kappa shape index (κ1) is 10.3. The summed E-state index contributed by atoms with van der Waals surface area (Å²) in [6, 6.07) is 2.41. The second-order valence-corrected chi connectivity index (χ2v) is 2.48. The van der Waals surface area contributed by atoms with E-state index in [9.17, 15) is 13.6 Å². The summed E-state index contributed by atoms with van der Waals surface area (Å²) in [5.41, 5.74) is -0.116. The Labute approximate surface area is 80.0 Å². The maximum Gasteiger partial charge on any atom is 0.280 e. The molecule has 0 aliphatic carbocycles. The molecule has 1 rings (SSSR count). The lowest BCUT2D eigenvalue weighted by Crippen LogP contribution is -1.98. The SMILES string of the molecule is CC#CC(=O)c1ccc(C(F)F)nc1. The van der Waals surface area contributed by atoms with Gasteiger partial charge >= 0.3 is 0 Å². The number of rotatable bonds is 2. The molecule has 14 heavy (non-hydrogen) atoms. The summed E-state index contributed by atoms with van der Waals surface area (Å²) < 4.78 is 24.1. The summed E-state index contributed by atoms with van der Waals surface area (Å²) in [6.45, 7) is 1.53. The molecule has 0 radical (unpaired) electrons. The second-order valence-electron chi connectivity index (χ2n) is 2.48. The molecule has 1 aromatic heterocycles. The van der Waals surface area contributed by atoms with Gasteiger partial charge in [-0.25, -0.2) is 8.78 Å². The third-order valence-electron chi connectivity index (χ3n) is 1.51. The van der Waals surface area contributed by atoms with Gasteiger partial charge in [0.05, 0.1) is 0 Å². The van der Waals surface area contributed by atoms with E-state index in [1.54, 1.807) is 0 Å². The first-order valence-electron chi connectivity index (χ1n) is 3.86. The van der Waals surface area contributed by atoms with Crippen LogP contribution in [-0.4, -0.2) is 10.8 Å². The molecule has 1 heterocycles. The van der Waals surface area contributed by atoms with Gasteiger partial charge in [0, 0.05) is 11.8 Å². The monoisotopic (exact) mass is 195 g/mol. The standard InChI is InChI=1S/C10H7F2NO/c1-2-3-9(14)7-4-5-8(10(11)12)13-6-7/h4-6,10H,1H3. The molecule has 0 aliphatic rings. The van der Waals surface area contributed by atoms with Crippen LogP contribution in [0.3, 0.4) is 0 Å². The molecule has 0 amide bonds. The minimum atomic E-state index is -2.61. The predicted octanol–water partition coefficient (Wildman–Crippen LogP) is 2.23. The van der Waals surface area contributed by atoms with Crippen molar-refractivity contribution in [2.45, 2.75) is 13.3 Å². The summed E-state index contributed by atoms with van der Waals surface area (Å²) in [5.74, 6) is 4.31. The van der Waals surface area contributed by atoms with Crippen LogP contribution < -0.4 is 0 Å². The summed E-state index contributed by atoms with van der Waals surface area (Å²) in [4.78, 5) is 14.6. The third kappa shape index (κ3) is 2.36. The summed E-state index contributed by atoms with van der Waals surface area (Å²) >= 11 is 0. The fourth-order valence-electron chi connectivity index (χ4n) is 0.854. The van der Waals surface area contributed by atoms with E-state index in [2.05, 4.69) is 16.8 Å². The van der Waals surface area contributed by atoms with Gasteiger partial charge in [0.2, 0.25) is 5.78 Å². The van der Waals surface area contributed by atoms with Crippen molar-refractivity contribution in [3.63, 3.8) is 0 Å². The van der Waals surface area contributed by atoms with Gasteiger partial charge in [0.1, 0.15) is 5.69 Å². The molecule has 4 heteroatoms.